The molecule has 0 aromatic carbocycles. The maximum absolute atomic E-state index is 12.6. The lowest BCUT2D eigenvalue weighted by Gasteiger charge is -2.37. The van der Waals surface area contributed by atoms with Crippen molar-refractivity contribution >= 4 is 10.2 Å². The first-order valence-electron chi connectivity index (χ1n) is 8.38. The number of nitrogens with zero attached hydrogens (tertiary/aromatic N) is 2. The van der Waals surface area contributed by atoms with Crippen LogP contribution in [-0.4, -0.2) is 56.5 Å². The molecule has 0 aliphatic carbocycles. The molecule has 2 N–H and O–H groups in total. The van der Waals surface area contributed by atoms with E-state index in [4.69, 9.17) is 0 Å². The Hall–Kier alpha value is -0.210. The SMILES string of the molecule is CCCNCC1CCCCN1S(=O)(=O)NN1CCCCC1. The maximum atomic E-state index is 12.6. The number of hydrazine groups is 1. The van der Waals surface area contributed by atoms with Gasteiger partial charge >= 0.3 is 0 Å². The highest BCUT2D eigenvalue weighted by Crippen LogP contribution is 2.20. The van der Waals surface area contributed by atoms with Gasteiger partial charge < -0.3 is 5.32 Å². The smallest absolute Gasteiger partial charge is 0.292 e. The molecule has 0 saturated carbocycles. The number of hydrogen-bond acceptors (Lipinski definition) is 4. The second-order valence-corrected chi connectivity index (χ2v) is 7.71. The van der Waals surface area contributed by atoms with E-state index < -0.39 is 10.2 Å². The molecule has 2 fully saturated rings. The Bertz CT molecular complexity index is 396. The fourth-order valence-electron chi connectivity index (χ4n) is 3.14. The molecule has 2 heterocycles. The van der Waals surface area contributed by atoms with Crippen molar-refractivity contribution in [2.45, 2.75) is 57.9 Å². The first-order chi connectivity index (χ1) is 10.1. The van der Waals surface area contributed by atoms with Crippen molar-refractivity contribution < 1.29 is 8.42 Å². The minimum atomic E-state index is -3.40. The summed E-state index contributed by atoms with van der Waals surface area (Å²) in [5, 5.41) is 5.23. The van der Waals surface area contributed by atoms with Crippen LogP contribution >= 0.6 is 0 Å². The van der Waals surface area contributed by atoms with E-state index in [0.29, 0.717) is 6.54 Å². The molecule has 2 saturated heterocycles. The normalized spacial score (nSPS) is 26.0. The van der Waals surface area contributed by atoms with Gasteiger partial charge in [-0.1, -0.05) is 19.8 Å². The summed E-state index contributed by atoms with van der Waals surface area (Å²) in [5.41, 5.74) is 0. The van der Waals surface area contributed by atoms with Crippen molar-refractivity contribution in [3.63, 3.8) is 0 Å². The van der Waals surface area contributed by atoms with E-state index in [0.717, 1.165) is 64.7 Å². The Labute approximate surface area is 129 Å². The zero-order valence-corrected chi connectivity index (χ0v) is 14.0. The zero-order valence-electron chi connectivity index (χ0n) is 13.2. The first kappa shape index (κ1) is 17.1. The van der Waals surface area contributed by atoms with Gasteiger partial charge in [-0.3, -0.25) is 0 Å². The second kappa shape index (κ2) is 8.43. The van der Waals surface area contributed by atoms with E-state index in [-0.39, 0.29) is 6.04 Å². The summed E-state index contributed by atoms with van der Waals surface area (Å²) >= 11 is 0. The van der Waals surface area contributed by atoms with Crippen LogP contribution in [0.5, 0.6) is 0 Å². The topological polar surface area (TPSA) is 64.7 Å². The lowest BCUT2D eigenvalue weighted by molar-refractivity contribution is 0.180. The van der Waals surface area contributed by atoms with Crippen molar-refractivity contribution in [2.24, 2.45) is 0 Å². The summed E-state index contributed by atoms with van der Waals surface area (Å²) in [6.07, 6.45) is 7.46. The van der Waals surface area contributed by atoms with Gasteiger partial charge in [-0.15, -0.1) is 4.83 Å². The summed E-state index contributed by atoms with van der Waals surface area (Å²) in [4.78, 5) is 2.79. The Morgan fingerprint density at radius 1 is 1.05 bits per heavy atom. The average Bonchev–Trinajstić information content (AvgIpc) is 2.48. The molecule has 21 heavy (non-hydrogen) atoms. The van der Waals surface area contributed by atoms with Crippen LogP contribution in [0.1, 0.15) is 51.9 Å². The maximum Gasteiger partial charge on any atom is 0.292 e. The fourth-order valence-corrected chi connectivity index (χ4v) is 4.70. The number of rotatable bonds is 7. The molecular weight excluding hydrogens is 288 g/mol. The molecule has 124 valence electrons. The third kappa shape index (κ3) is 5.17. The van der Waals surface area contributed by atoms with E-state index in [9.17, 15) is 8.42 Å². The molecule has 2 aliphatic rings. The minimum Gasteiger partial charge on any atom is -0.315 e. The van der Waals surface area contributed by atoms with Gasteiger partial charge in [0.1, 0.15) is 0 Å². The highest BCUT2D eigenvalue weighted by atomic mass is 32.2. The standard InChI is InChI=1S/C14H30N4O2S/c1-2-9-15-13-14-8-4-7-12-18(14)21(19,20)16-17-10-5-3-6-11-17/h14-16H,2-13H2,1H3. The van der Waals surface area contributed by atoms with Gasteiger partial charge in [0, 0.05) is 32.2 Å². The second-order valence-electron chi connectivity index (χ2n) is 6.11. The molecule has 2 rings (SSSR count). The minimum absolute atomic E-state index is 0.0904. The molecule has 0 aromatic heterocycles. The molecule has 2 aliphatic heterocycles. The van der Waals surface area contributed by atoms with Gasteiger partial charge in [0.15, 0.2) is 0 Å². The summed E-state index contributed by atoms with van der Waals surface area (Å²) < 4.78 is 27.0. The van der Waals surface area contributed by atoms with E-state index in [1.54, 1.807) is 4.31 Å². The van der Waals surface area contributed by atoms with Gasteiger partial charge in [0.05, 0.1) is 0 Å². The van der Waals surface area contributed by atoms with Crippen LogP contribution in [0.25, 0.3) is 0 Å². The molecule has 0 amide bonds. The monoisotopic (exact) mass is 318 g/mol. The Morgan fingerprint density at radius 2 is 1.76 bits per heavy atom. The average molecular weight is 318 g/mol. The van der Waals surface area contributed by atoms with Crippen LogP contribution < -0.4 is 10.1 Å². The lowest BCUT2D eigenvalue weighted by atomic mass is 10.1. The van der Waals surface area contributed by atoms with Gasteiger partial charge in [-0.25, -0.2) is 5.01 Å². The predicted octanol–water partition coefficient (Wildman–Crippen LogP) is 1.08. The summed E-state index contributed by atoms with van der Waals surface area (Å²) in [6, 6.07) is 0.0904. The van der Waals surface area contributed by atoms with Crippen LogP contribution in [0, 0.1) is 0 Å². The molecule has 7 heteroatoms. The van der Waals surface area contributed by atoms with Crippen molar-refractivity contribution in [3.8, 4) is 0 Å². The van der Waals surface area contributed by atoms with E-state index in [2.05, 4.69) is 17.1 Å². The van der Waals surface area contributed by atoms with Crippen LogP contribution in [0.15, 0.2) is 0 Å². The predicted molar refractivity (Wildman–Crippen MR) is 85.0 cm³/mol. The van der Waals surface area contributed by atoms with Gasteiger partial charge in [-0.05, 0) is 38.6 Å². The van der Waals surface area contributed by atoms with Crippen LogP contribution in [0.4, 0.5) is 0 Å². The van der Waals surface area contributed by atoms with E-state index in [1.165, 1.54) is 6.42 Å². The Balaban J connectivity index is 1.93. The van der Waals surface area contributed by atoms with Gasteiger partial charge in [0.25, 0.3) is 10.2 Å². The third-order valence-corrected chi connectivity index (χ3v) is 5.88. The summed E-state index contributed by atoms with van der Waals surface area (Å²) in [7, 11) is -3.40. The quantitative estimate of drug-likeness (QED) is 0.689. The molecule has 0 bridgehead atoms. The highest BCUT2D eigenvalue weighted by Gasteiger charge is 2.33. The molecule has 0 aromatic rings. The molecule has 0 spiro atoms. The largest absolute Gasteiger partial charge is 0.315 e. The molecule has 6 nitrogen and oxygen atoms in total. The Kier molecular flexibility index (Phi) is 6.88. The fraction of sp³-hybridized carbons (Fsp3) is 1.00. The molecule has 1 unspecified atom stereocenters. The molecule has 0 radical (unpaired) electrons. The zero-order chi connectivity index (χ0) is 15.1. The van der Waals surface area contributed by atoms with Gasteiger partial charge in [-0.2, -0.15) is 12.7 Å². The first-order valence-corrected chi connectivity index (χ1v) is 9.82. The summed E-state index contributed by atoms with van der Waals surface area (Å²) in [5.74, 6) is 0. The molecule has 1 atom stereocenters. The van der Waals surface area contributed by atoms with Crippen molar-refractivity contribution in [2.75, 3.05) is 32.7 Å². The van der Waals surface area contributed by atoms with Crippen LogP contribution in [0.2, 0.25) is 0 Å². The third-order valence-electron chi connectivity index (χ3n) is 4.29. The van der Waals surface area contributed by atoms with E-state index in [1.807, 2.05) is 5.01 Å². The number of piperidine rings is 2. The van der Waals surface area contributed by atoms with E-state index >= 15 is 0 Å². The van der Waals surface area contributed by atoms with Crippen molar-refractivity contribution in [1.82, 2.24) is 19.5 Å². The lowest BCUT2D eigenvalue weighted by Crippen LogP contribution is -2.56. The van der Waals surface area contributed by atoms with Crippen molar-refractivity contribution in [3.05, 3.63) is 0 Å². The van der Waals surface area contributed by atoms with Crippen molar-refractivity contribution in [1.29, 1.82) is 0 Å². The number of hydrogen-bond donors (Lipinski definition) is 2. The van der Waals surface area contributed by atoms with Gasteiger partial charge in [0.2, 0.25) is 0 Å². The molecular formula is C14H30N4O2S. The number of nitrogens with one attached hydrogen (secondary N) is 2. The summed E-state index contributed by atoms with van der Waals surface area (Å²) in [6.45, 7) is 6.12. The van der Waals surface area contributed by atoms with Crippen LogP contribution in [-0.2, 0) is 10.2 Å². The van der Waals surface area contributed by atoms with Crippen LogP contribution in [0.3, 0.4) is 0 Å². The highest BCUT2D eigenvalue weighted by molar-refractivity contribution is 7.87. The Morgan fingerprint density at radius 3 is 2.48 bits per heavy atom.